The molecule has 0 aliphatic carbocycles. The Labute approximate surface area is 200 Å². The molecular formula is C25H37BrN2O4. The minimum absolute atomic E-state index is 0.0264. The summed E-state index contributed by atoms with van der Waals surface area (Å²) in [5.41, 5.74) is -0.364. The summed E-state index contributed by atoms with van der Waals surface area (Å²) in [4.78, 5) is 40.1. The Morgan fingerprint density at radius 3 is 2.34 bits per heavy atom. The van der Waals surface area contributed by atoms with Gasteiger partial charge in [-0.15, -0.1) is 0 Å². The van der Waals surface area contributed by atoms with Gasteiger partial charge in [-0.05, 0) is 58.4 Å². The van der Waals surface area contributed by atoms with Gasteiger partial charge in [0.2, 0.25) is 5.91 Å². The molecule has 1 N–H and O–H groups in total. The van der Waals surface area contributed by atoms with Crippen molar-refractivity contribution < 1.29 is 19.1 Å². The molecule has 2 unspecified atom stereocenters. The monoisotopic (exact) mass is 508 g/mol. The fourth-order valence-corrected chi connectivity index (χ4v) is 4.85. The van der Waals surface area contributed by atoms with Crippen LogP contribution in [0.25, 0.3) is 0 Å². The first-order chi connectivity index (χ1) is 14.9. The van der Waals surface area contributed by atoms with Crippen LogP contribution in [0.3, 0.4) is 0 Å². The van der Waals surface area contributed by atoms with Gasteiger partial charge in [0.25, 0.3) is 0 Å². The van der Waals surface area contributed by atoms with Gasteiger partial charge in [-0.3, -0.25) is 19.3 Å². The maximum Gasteiger partial charge on any atom is 0.323 e. The largest absolute Gasteiger partial charge is 0.459 e. The Bertz CT molecular complexity index is 806. The molecule has 1 saturated heterocycles. The van der Waals surface area contributed by atoms with E-state index in [-0.39, 0.29) is 28.4 Å². The van der Waals surface area contributed by atoms with Crippen LogP contribution in [-0.2, 0) is 25.7 Å². The average molecular weight is 509 g/mol. The van der Waals surface area contributed by atoms with Crippen LogP contribution < -0.4 is 5.32 Å². The summed E-state index contributed by atoms with van der Waals surface area (Å²) in [6.07, 6.45) is 1.68. The first-order valence-corrected chi connectivity index (χ1v) is 12.2. The molecule has 7 heteroatoms. The lowest BCUT2D eigenvalue weighted by Crippen LogP contribution is -2.56. The zero-order valence-corrected chi connectivity index (χ0v) is 21.7. The number of esters is 1. The molecule has 0 aromatic heterocycles. The number of benzene rings is 1. The van der Waals surface area contributed by atoms with E-state index in [0.717, 1.165) is 5.56 Å². The van der Waals surface area contributed by atoms with Gasteiger partial charge in [0.05, 0.1) is 5.54 Å². The predicted molar refractivity (Wildman–Crippen MR) is 129 cm³/mol. The normalized spacial score (nSPS) is 23.4. The summed E-state index contributed by atoms with van der Waals surface area (Å²) < 4.78 is 5.74. The number of halogens is 1. The van der Waals surface area contributed by atoms with Gasteiger partial charge >= 0.3 is 5.97 Å². The van der Waals surface area contributed by atoms with Crippen molar-refractivity contribution in [3.63, 3.8) is 0 Å². The molecule has 0 spiro atoms. The van der Waals surface area contributed by atoms with E-state index in [0.29, 0.717) is 32.4 Å². The highest BCUT2D eigenvalue weighted by atomic mass is 79.9. The van der Waals surface area contributed by atoms with Gasteiger partial charge in [0.1, 0.15) is 17.4 Å². The number of amides is 1. The van der Waals surface area contributed by atoms with E-state index in [1.54, 1.807) is 6.92 Å². The topological polar surface area (TPSA) is 75.7 Å². The Morgan fingerprint density at radius 2 is 1.84 bits per heavy atom. The summed E-state index contributed by atoms with van der Waals surface area (Å²) in [7, 11) is 0. The molecule has 0 radical (unpaired) electrons. The van der Waals surface area contributed by atoms with E-state index in [9.17, 15) is 14.4 Å². The highest BCUT2D eigenvalue weighted by Crippen LogP contribution is 2.42. The van der Waals surface area contributed by atoms with Crippen molar-refractivity contribution in [2.45, 2.75) is 89.4 Å². The van der Waals surface area contributed by atoms with E-state index in [1.807, 2.05) is 58.0 Å². The minimum atomic E-state index is -0.803. The first-order valence-electron chi connectivity index (χ1n) is 11.3. The zero-order chi connectivity index (χ0) is 24.1. The number of alkyl halides is 1. The van der Waals surface area contributed by atoms with Gasteiger partial charge in [0, 0.05) is 24.8 Å². The number of carbonyl (C=O) groups is 3. The van der Waals surface area contributed by atoms with Crippen molar-refractivity contribution in [3.05, 3.63) is 35.9 Å². The third-order valence-electron chi connectivity index (χ3n) is 6.15. The summed E-state index contributed by atoms with van der Waals surface area (Å²) in [6, 6.07) is 9.40. The minimum Gasteiger partial charge on any atom is -0.459 e. The van der Waals surface area contributed by atoms with Gasteiger partial charge in [-0.2, -0.15) is 0 Å². The second-order valence-corrected chi connectivity index (χ2v) is 11.3. The molecule has 1 heterocycles. The van der Waals surface area contributed by atoms with Crippen LogP contribution in [0.5, 0.6) is 0 Å². The lowest BCUT2D eigenvalue weighted by molar-refractivity contribution is -0.162. The summed E-state index contributed by atoms with van der Waals surface area (Å²) >= 11 is 3.67. The highest BCUT2D eigenvalue weighted by Gasteiger charge is 2.53. The molecule has 178 valence electrons. The Kier molecular flexibility index (Phi) is 9.06. The van der Waals surface area contributed by atoms with Crippen LogP contribution in [0.4, 0.5) is 0 Å². The molecule has 32 heavy (non-hydrogen) atoms. The number of nitrogens with one attached hydrogen (secondary N) is 1. The predicted octanol–water partition coefficient (Wildman–Crippen LogP) is 4.25. The molecule has 2 rings (SSSR count). The number of Topliss-reactive ketones (excluding diaryl/α,β-unsaturated/α-hetero) is 1. The van der Waals surface area contributed by atoms with E-state index in [2.05, 4.69) is 26.1 Å². The quantitative estimate of drug-likeness (QED) is 0.398. The average Bonchev–Trinajstić information content (AvgIpc) is 3.03. The van der Waals surface area contributed by atoms with Crippen LogP contribution in [0.2, 0.25) is 0 Å². The highest BCUT2D eigenvalue weighted by molar-refractivity contribution is 9.09. The number of carbonyl (C=O) groups excluding carboxylic acids is 3. The summed E-state index contributed by atoms with van der Waals surface area (Å²) in [5, 5.41) is 2.90. The van der Waals surface area contributed by atoms with E-state index < -0.39 is 17.2 Å². The third kappa shape index (κ3) is 6.88. The van der Waals surface area contributed by atoms with E-state index >= 15 is 0 Å². The molecule has 1 aromatic rings. The molecule has 1 fully saturated rings. The van der Waals surface area contributed by atoms with Crippen LogP contribution >= 0.6 is 15.9 Å². The molecule has 6 nitrogen and oxygen atoms in total. The van der Waals surface area contributed by atoms with Crippen molar-refractivity contribution in [2.24, 2.45) is 5.92 Å². The second-order valence-electron chi connectivity index (χ2n) is 9.87. The zero-order valence-electron chi connectivity index (χ0n) is 20.1. The van der Waals surface area contributed by atoms with Crippen LogP contribution in [0, 0.1) is 5.92 Å². The summed E-state index contributed by atoms with van der Waals surface area (Å²) in [5.74, 6) is -0.319. The Balaban J connectivity index is 2.43. The second kappa shape index (κ2) is 10.9. The molecular weight excluding hydrogens is 472 g/mol. The van der Waals surface area contributed by atoms with Crippen molar-refractivity contribution in [2.75, 3.05) is 6.54 Å². The summed E-state index contributed by atoms with van der Waals surface area (Å²) in [6.45, 7) is 11.7. The smallest absolute Gasteiger partial charge is 0.323 e. The molecule has 0 saturated carbocycles. The van der Waals surface area contributed by atoms with Gasteiger partial charge in [0.15, 0.2) is 0 Å². The number of likely N-dealkylation sites (tertiary alicyclic amines) is 1. The van der Waals surface area contributed by atoms with Gasteiger partial charge in [-0.1, -0.05) is 53.2 Å². The van der Waals surface area contributed by atoms with Crippen LogP contribution in [-0.4, -0.2) is 51.1 Å². The lowest BCUT2D eigenvalue weighted by Gasteiger charge is -2.42. The van der Waals surface area contributed by atoms with Crippen molar-refractivity contribution in [1.82, 2.24) is 10.2 Å². The maximum absolute atomic E-state index is 13.2. The van der Waals surface area contributed by atoms with Crippen LogP contribution in [0.1, 0.15) is 66.4 Å². The SMILES string of the molecule is CC(=O)NCC(C[C@@]1(C(C)=O)CC[C@H](C(=O)OC(C)(C)C)N1Cc1ccccc1)C(C)Br. The molecule has 1 aromatic carbocycles. The number of rotatable bonds is 9. The Hall–Kier alpha value is -1.73. The molecule has 4 atom stereocenters. The Morgan fingerprint density at radius 1 is 1.22 bits per heavy atom. The first kappa shape index (κ1) is 26.5. The van der Waals surface area contributed by atoms with Gasteiger partial charge in [-0.25, -0.2) is 0 Å². The fourth-order valence-electron chi connectivity index (χ4n) is 4.48. The number of ether oxygens (including phenoxy) is 1. The van der Waals surface area contributed by atoms with Crippen LogP contribution in [0.15, 0.2) is 30.3 Å². The lowest BCUT2D eigenvalue weighted by atomic mass is 9.80. The van der Waals surface area contributed by atoms with Gasteiger partial charge < -0.3 is 10.1 Å². The van der Waals surface area contributed by atoms with Crippen molar-refractivity contribution in [3.8, 4) is 0 Å². The molecule has 1 amide bonds. The molecule has 1 aliphatic heterocycles. The van der Waals surface area contributed by atoms with Crippen molar-refractivity contribution >= 4 is 33.6 Å². The standard InChI is InChI=1S/C25H37BrN2O4/c1-17(26)21(15-27-19(3)30)14-25(18(2)29)13-12-22(23(31)32-24(4,5)6)28(25)16-20-10-8-7-9-11-20/h7-11,17,21-22H,12-16H2,1-6H3,(H,27,30)/t17?,21?,22-,25-/m1/s1. The third-order valence-corrected chi connectivity index (χ3v) is 6.90. The van der Waals surface area contributed by atoms with E-state index in [4.69, 9.17) is 4.74 Å². The number of hydrogen-bond acceptors (Lipinski definition) is 5. The fraction of sp³-hybridized carbons (Fsp3) is 0.640. The number of ketones is 1. The van der Waals surface area contributed by atoms with Crippen molar-refractivity contribution in [1.29, 1.82) is 0 Å². The molecule has 0 bridgehead atoms. The number of hydrogen-bond donors (Lipinski definition) is 1. The maximum atomic E-state index is 13.2. The number of nitrogens with zero attached hydrogens (tertiary/aromatic N) is 1. The van der Waals surface area contributed by atoms with E-state index in [1.165, 1.54) is 6.92 Å². The molecule has 1 aliphatic rings.